The zero-order valence-electron chi connectivity index (χ0n) is 14.1. The molecule has 0 atom stereocenters. The summed E-state index contributed by atoms with van der Waals surface area (Å²) in [7, 11) is 0. The Kier molecular flexibility index (Phi) is 4.93. The number of para-hydroxylation sites is 1. The molecule has 0 saturated carbocycles. The summed E-state index contributed by atoms with van der Waals surface area (Å²) in [6.07, 6.45) is 2.59. The van der Waals surface area contributed by atoms with Crippen LogP contribution in [0.25, 0.3) is 10.9 Å². The third-order valence-electron chi connectivity index (χ3n) is 4.23. The lowest BCUT2D eigenvalue weighted by molar-refractivity contribution is 0.0697. The summed E-state index contributed by atoms with van der Waals surface area (Å²) >= 11 is 0. The van der Waals surface area contributed by atoms with Gasteiger partial charge >= 0.3 is 5.97 Å². The largest absolute Gasteiger partial charge is 0.478 e. The quantitative estimate of drug-likeness (QED) is 0.748. The maximum absolute atomic E-state index is 12.6. The van der Waals surface area contributed by atoms with Gasteiger partial charge in [0.05, 0.1) is 17.6 Å². The lowest BCUT2D eigenvalue weighted by Gasteiger charge is -2.12. The highest BCUT2D eigenvalue weighted by atomic mass is 16.4. The molecule has 1 aromatic heterocycles. The van der Waals surface area contributed by atoms with E-state index in [-0.39, 0.29) is 11.0 Å². The second-order valence-electron chi connectivity index (χ2n) is 6.06. The molecule has 0 unspecified atom stereocenters. The van der Waals surface area contributed by atoms with Crippen LogP contribution in [-0.2, 0) is 13.0 Å². The van der Waals surface area contributed by atoms with Crippen LogP contribution in [0.1, 0.15) is 41.4 Å². The minimum Gasteiger partial charge on any atom is -0.478 e. The number of carboxylic acid groups (broad SMARTS) is 1. The van der Waals surface area contributed by atoms with Crippen molar-refractivity contribution in [2.75, 3.05) is 0 Å². The molecule has 1 N–H and O–H groups in total. The van der Waals surface area contributed by atoms with E-state index in [1.54, 1.807) is 24.3 Å². The van der Waals surface area contributed by atoms with Crippen LogP contribution in [-0.4, -0.2) is 20.9 Å². The number of benzene rings is 2. The van der Waals surface area contributed by atoms with Crippen molar-refractivity contribution in [2.24, 2.45) is 0 Å². The number of hydrogen-bond donors (Lipinski definition) is 1. The fraction of sp³-hybridized carbons (Fsp3) is 0.250. The number of aryl methyl sites for hydroxylation is 1. The van der Waals surface area contributed by atoms with E-state index in [0.717, 1.165) is 23.9 Å². The molecule has 1 heterocycles. The molecule has 0 saturated heterocycles. The van der Waals surface area contributed by atoms with E-state index in [4.69, 9.17) is 5.11 Å². The fourth-order valence-corrected chi connectivity index (χ4v) is 2.85. The Bertz CT molecular complexity index is 959. The first-order valence-corrected chi connectivity index (χ1v) is 8.41. The molecule has 0 fully saturated rings. The van der Waals surface area contributed by atoms with E-state index >= 15 is 0 Å². The normalized spacial score (nSPS) is 10.9. The van der Waals surface area contributed by atoms with Crippen molar-refractivity contribution in [3.05, 3.63) is 75.6 Å². The molecule has 0 amide bonds. The summed E-state index contributed by atoms with van der Waals surface area (Å²) in [5.74, 6) is -0.944. The second-order valence-corrected chi connectivity index (χ2v) is 6.06. The van der Waals surface area contributed by atoms with E-state index in [1.807, 2.05) is 28.9 Å². The highest BCUT2D eigenvalue weighted by molar-refractivity contribution is 5.87. The molecule has 0 radical (unpaired) electrons. The number of aromatic nitrogens is 2. The Morgan fingerprint density at radius 2 is 1.84 bits per heavy atom. The van der Waals surface area contributed by atoms with Crippen LogP contribution < -0.4 is 5.43 Å². The van der Waals surface area contributed by atoms with Crippen LogP contribution in [0, 0.1) is 0 Å². The highest BCUT2D eigenvalue weighted by Crippen LogP contribution is 2.13. The molecule has 128 valence electrons. The third kappa shape index (κ3) is 3.60. The van der Waals surface area contributed by atoms with Gasteiger partial charge in [0.15, 0.2) is 0 Å². The minimum atomic E-state index is -0.944. The molecule has 0 aliphatic rings. The summed E-state index contributed by atoms with van der Waals surface area (Å²) in [6.45, 7) is 2.57. The SMILES string of the molecule is CCCCc1nn(Cc2ccc(C(=O)O)cc2)c2ccccc2c1=O. The topological polar surface area (TPSA) is 72.2 Å². The Morgan fingerprint density at radius 1 is 1.12 bits per heavy atom. The van der Waals surface area contributed by atoms with Gasteiger partial charge in [-0.15, -0.1) is 0 Å². The van der Waals surface area contributed by atoms with Crippen molar-refractivity contribution in [2.45, 2.75) is 32.7 Å². The first-order chi connectivity index (χ1) is 12.1. The number of hydrogen-bond acceptors (Lipinski definition) is 3. The predicted octanol–water partition coefficient (Wildman–Crippen LogP) is 3.49. The van der Waals surface area contributed by atoms with Gasteiger partial charge in [-0.2, -0.15) is 5.10 Å². The van der Waals surface area contributed by atoms with Gasteiger partial charge in [0.1, 0.15) is 5.69 Å². The van der Waals surface area contributed by atoms with E-state index in [0.29, 0.717) is 24.0 Å². The van der Waals surface area contributed by atoms with Gasteiger partial charge in [0.2, 0.25) is 5.43 Å². The number of unbranched alkanes of at least 4 members (excludes halogenated alkanes) is 1. The molecular formula is C20H20N2O3. The van der Waals surface area contributed by atoms with Gasteiger partial charge in [-0.05, 0) is 42.7 Å². The monoisotopic (exact) mass is 336 g/mol. The molecule has 0 aliphatic carbocycles. The predicted molar refractivity (Wildman–Crippen MR) is 97.1 cm³/mol. The maximum Gasteiger partial charge on any atom is 0.335 e. The van der Waals surface area contributed by atoms with Crippen LogP contribution in [0.3, 0.4) is 0 Å². The smallest absolute Gasteiger partial charge is 0.335 e. The van der Waals surface area contributed by atoms with E-state index in [2.05, 4.69) is 12.0 Å². The van der Waals surface area contributed by atoms with Crippen LogP contribution in [0.4, 0.5) is 0 Å². The molecule has 25 heavy (non-hydrogen) atoms. The second kappa shape index (κ2) is 7.30. The van der Waals surface area contributed by atoms with Gasteiger partial charge < -0.3 is 5.11 Å². The van der Waals surface area contributed by atoms with Gasteiger partial charge in [0.25, 0.3) is 0 Å². The Morgan fingerprint density at radius 3 is 2.52 bits per heavy atom. The number of nitrogens with zero attached hydrogens (tertiary/aromatic N) is 2. The van der Waals surface area contributed by atoms with Crippen molar-refractivity contribution < 1.29 is 9.90 Å². The van der Waals surface area contributed by atoms with Crippen molar-refractivity contribution in [3.63, 3.8) is 0 Å². The fourth-order valence-electron chi connectivity index (χ4n) is 2.85. The van der Waals surface area contributed by atoms with Gasteiger partial charge in [-0.3, -0.25) is 9.48 Å². The lowest BCUT2D eigenvalue weighted by Crippen LogP contribution is -2.19. The Labute approximate surface area is 145 Å². The summed E-state index contributed by atoms with van der Waals surface area (Å²) in [4.78, 5) is 23.6. The molecule has 0 spiro atoms. The molecule has 0 aliphatic heterocycles. The lowest BCUT2D eigenvalue weighted by atomic mass is 10.1. The van der Waals surface area contributed by atoms with E-state index in [9.17, 15) is 9.59 Å². The summed E-state index contributed by atoms with van der Waals surface area (Å²) < 4.78 is 1.83. The van der Waals surface area contributed by atoms with Gasteiger partial charge in [-0.1, -0.05) is 37.6 Å². The summed E-state index contributed by atoms with van der Waals surface area (Å²) in [5.41, 5.74) is 2.57. The van der Waals surface area contributed by atoms with Crippen molar-refractivity contribution in [3.8, 4) is 0 Å². The van der Waals surface area contributed by atoms with Crippen LogP contribution in [0.2, 0.25) is 0 Å². The number of carbonyl (C=O) groups is 1. The average molecular weight is 336 g/mol. The summed E-state index contributed by atoms with van der Waals surface area (Å²) in [6, 6.07) is 14.2. The Hall–Kier alpha value is -2.95. The number of carboxylic acids is 1. The van der Waals surface area contributed by atoms with Crippen molar-refractivity contribution in [1.82, 2.24) is 9.78 Å². The maximum atomic E-state index is 12.6. The van der Waals surface area contributed by atoms with Gasteiger partial charge in [0, 0.05) is 5.39 Å². The Balaban J connectivity index is 2.03. The van der Waals surface area contributed by atoms with Crippen molar-refractivity contribution >= 4 is 16.9 Å². The molecule has 0 bridgehead atoms. The van der Waals surface area contributed by atoms with Crippen LogP contribution in [0.15, 0.2) is 53.3 Å². The minimum absolute atomic E-state index is 0.00141. The summed E-state index contributed by atoms with van der Waals surface area (Å²) in [5, 5.41) is 14.3. The standard InChI is InChI=1S/C20H20N2O3/c1-2-3-7-17-19(23)16-6-4-5-8-18(16)22(21-17)13-14-9-11-15(12-10-14)20(24)25/h4-6,8-12H,2-3,7,13H2,1H3,(H,24,25). The van der Waals surface area contributed by atoms with Crippen LogP contribution in [0.5, 0.6) is 0 Å². The molecule has 3 aromatic rings. The molecular weight excluding hydrogens is 316 g/mol. The first-order valence-electron chi connectivity index (χ1n) is 8.41. The first kappa shape index (κ1) is 16.9. The average Bonchev–Trinajstić information content (AvgIpc) is 2.63. The third-order valence-corrected chi connectivity index (χ3v) is 4.23. The van der Waals surface area contributed by atoms with E-state index < -0.39 is 5.97 Å². The number of rotatable bonds is 6. The molecule has 5 nitrogen and oxygen atoms in total. The van der Waals surface area contributed by atoms with E-state index in [1.165, 1.54) is 0 Å². The number of fused-ring (bicyclic) bond motifs is 1. The molecule has 5 heteroatoms. The van der Waals surface area contributed by atoms with Crippen LogP contribution >= 0.6 is 0 Å². The highest BCUT2D eigenvalue weighted by Gasteiger charge is 2.11. The zero-order valence-corrected chi connectivity index (χ0v) is 14.1. The zero-order chi connectivity index (χ0) is 17.8. The van der Waals surface area contributed by atoms with Gasteiger partial charge in [-0.25, -0.2) is 4.79 Å². The molecule has 3 rings (SSSR count). The molecule has 2 aromatic carbocycles. The number of aromatic carboxylic acids is 1. The van der Waals surface area contributed by atoms with Crippen molar-refractivity contribution in [1.29, 1.82) is 0 Å².